The highest BCUT2D eigenvalue weighted by atomic mass is 16.6. The lowest BCUT2D eigenvalue weighted by atomic mass is 10.2. The third-order valence-electron chi connectivity index (χ3n) is 2.43. The lowest BCUT2D eigenvalue weighted by Gasteiger charge is -2.12. The minimum atomic E-state index is -1.01. The number of rotatable bonds is 7. The first-order valence-electron chi connectivity index (χ1n) is 5.88. The van der Waals surface area contributed by atoms with Gasteiger partial charge in [-0.2, -0.15) is 0 Å². The van der Waals surface area contributed by atoms with Crippen LogP contribution < -0.4 is 10.6 Å². The molecule has 1 aromatic rings. The highest BCUT2D eigenvalue weighted by Crippen LogP contribution is 2.22. The van der Waals surface area contributed by atoms with Gasteiger partial charge in [-0.15, -0.1) is 0 Å². The van der Waals surface area contributed by atoms with Crippen LogP contribution in [0, 0.1) is 10.1 Å². The topological polar surface area (TPSA) is 122 Å². The molecule has 0 heterocycles. The highest BCUT2D eigenvalue weighted by molar-refractivity contribution is 5.82. The van der Waals surface area contributed by atoms with Gasteiger partial charge in [-0.25, -0.2) is 0 Å². The molecule has 108 valence electrons. The zero-order chi connectivity index (χ0) is 15.1. The first kappa shape index (κ1) is 15.4. The molecular formula is C12H15N3O5. The van der Waals surface area contributed by atoms with Crippen LogP contribution in [0.4, 0.5) is 11.4 Å². The average Bonchev–Trinajstić information content (AvgIpc) is 2.35. The fourth-order valence-electron chi connectivity index (χ4n) is 1.60. The van der Waals surface area contributed by atoms with Crippen LogP contribution in [0.5, 0.6) is 0 Å². The van der Waals surface area contributed by atoms with Gasteiger partial charge >= 0.3 is 5.97 Å². The van der Waals surface area contributed by atoms with Crippen molar-refractivity contribution in [2.45, 2.75) is 19.4 Å². The summed E-state index contributed by atoms with van der Waals surface area (Å²) in [5.74, 6) is -1.44. The Morgan fingerprint density at radius 2 is 2.05 bits per heavy atom. The van der Waals surface area contributed by atoms with Crippen LogP contribution in [0.15, 0.2) is 24.3 Å². The summed E-state index contributed by atoms with van der Waals surface area (Å²) in [5.41, 5.74) is 0.109. The normalized spacial score (nSPS) is 11.4. The maximum atomic E-state index is 11.6. The standard InChI is InChI=1S/C12H15N3O5/c1-8(6-12(17)18)14-11(16)7-13-9-4-2-3-5-10(9)15(19)20/h2-5,8,13H,6-7H2,1H3,(H,14,16)(H,17,18). The van der Waals surface area contributed by atoms with E-state index in [0.29, 0.717) is 0 Å². The smallest absolute Gasteiger partial charge is 0.305 e. The number of anilines is 1. The highest BCUT2D eigenvalue weighted by Gasteiger charge is 2.14. The van der Waals surface area contributed by atoms with Crippen molar-refractivity contribution in [3.05, 3.63) is 34.4 Å². The van der Waals surface area contributed by atoms with Crippen LogP contribution in [-0.4, -0.2) is 34.5 Å². The van der Waals surface area contributed by atoms with Crippen molar-refractivity contribution in [3.63, 3.8) is 0 Å². The number of para-hydroxylation sites is 2. The fourth-order valence-corrected chi connectivity index (χ4v) is 1.60. The third-order valence-corrected chi connectivity index (χ3v) is 2.43. The van der Waals surface area contributed by atoms with Gasteiger partial charge < -0.3 is 15.7 Å². The predicted octanol–water partition coefficient (Wildman–Crippen LogP) is 0.986. The van der Waals surface area contributed by atoms with Gasteiger partial charge in [-0.1, -0.05) is 12.1 Å². The van der Waals surface area contributed by atoms with Crippen molar-refractivity contribution in [3.8, 4) is 0 Å². The minimum Gasteiger partial charge on any atom is -0.481 e. The Balaban J connectivity index is 2.53. The number of nitrogens with one attached hydrogen (secondary N) is 2. The zero-order valence-corrected chi connectivity index (χ0v) is 10.8. The van der Waals surface area contributed by atoms with Crippen molar-refractivity contribution in [2.75, 3.05) is 11.9 Å². The quantitative estimate of drug-likeness (QED) is 0.506. The summed E-state index contributed by atoms with van der Waals surface area (Å²) in [4.78, 5) is 32.2. The Morgan fingerprint density at radius 1 is 1.40 bits per heavy atom. The molecule has 0 spiro atoms. The van der Waals surface area contributed by atoms with Crippen molar-refractivity contribution in [1.29, 1.82) is 0 Å². The van der Waals surface area contributed by atoms with E-state index in [-0.39, 0.29) is 24.3 Å². The molecule has 8 heteroatoms. The molecule has 0 aromatic heterocycles. The maximum absolute atomic E-state index is 11.6. The molecule has 8 nitrogen and oxygen atoms in total. The molecule has 0 aliphatic carbocycles. The molecule has 0 fully saturated rings. The van der Waals surface area contributed by atoms with E-state index in [9.17, 15) is 19.7 Å². The molecule has 1 rings (SSSR count). The monoisotopic (exact) mass is 281 g/mol. The third kappa shape index (κ3) is 4.92. The second kappa shape index (κ2) is 7.07. The molecular weight excluding hydrogens is 266 g/mol. The number of carbonyl (C=O) groups excluding carboxylic acids is 1. The summed E-state index contributed by atoms with van der Waals surface area (Å²) < 4.78 is 0. The molecule has 1 unspecified atom stereocenters. The number of nitro groups is 1. The van der Waals surface area contributed by atoms with Crippen molar-refractivity contribution < 1.29 is 19.6 Å². The van der Waals surface area contributed by atoms with Crippen LogP contribution in [0.2, 0.25) is 0 Å². The molecule has 1 atom stereocenters. The van der Waals surface area contributed by atoms with Gasteiger partial charge in [0.15, 0.2) is 0 Å². The molecule has 0 aliphatic heterocycles. The summed E-state index contributed by atoms with van der Waals surface area (Å²) in [6.07, 6.45) is -0.183. The van der Waals surface area contributed by atoms with Crippen LogP contribution in [0.3, 0.4) is 0 Å². The summed E-state index contributed by atoms with van der Waals surface area (Å²) >= 11 is 0. The van der Waals surface area contributed by atoms with Crippen molar-refractivity contribution in [2.24, 2.45) is 0 Å². The number of benzene rings is 1. The van der Waals surface area contributed by atoms with E-state index < -0.39 is 22.8 Å². The molecule has 1 amide bonds. The maximum Gasteiger partial charge on any atom is 0.305 e. The lowest BCUT2D eigenvalue weighted by Crippen LogP contribution is -2.37. The van der Waals surface area contributed by atoms with Gasteiger partial charge in [0.05, 0.1) is 17.9 Å². The SMILES string of the molecule is CC(CC(=O)O)NC(=O)CNc1ccccc1[N+](=O)[O-]. The first-order valence-corrected chi connectivity index (χ1v) is 5.88. The van der Waals surface area contributed by atoms with E-state index in [1.165, 1.54) is 18.2 Å². The Labute approximate surface area is 114 Å². The number of carbonyl (C=O) groups is 2. The van der Waals surface area contributed by atoms with E-state index in [1.54, 1.807) is 13.0 Å². The first-order chi connectivity index (χ1) is 9.40. The Bertz CT molecular complexity index is 518. The molecule has 0 saturated heterocycles. The molecule has 1 aromatic carbocycles. The van der Waals surface area contributed by atoms with Crippen LogP contribution in [-0.2, 0) is 9.59 Å². The summed E-state index contributed by atoms with van der Waals surface area (Å²) in [5, 5.41) is 24.5. The number of nitro benzene ring substituents is 1. The molecule has 0 aliphatic rings. The van der Waals surface area contributed by atoms with E-state index in [4.69, 9.17) is 5.11 Å². The van der Waals surface area contributed by atoms with Crippen molar-refractivity contribution >= 4 is 23.3 Å². The van der Waals surface area contributed by atoms with Gasteiger partial charge in [0.2, 0.25) is 5.91 Å². The number of carboxylic acids is 1. The van der Waals surface area contributed by atoms with Gasteiger partial charge in [0.25, 0.3) is 5.69 Å². The fraction of sp³-hybridized carbons (Fsp3) is 0.333. The second-order valence-corrected chi connectivity index (χ2v) is 4.19. The number of nitrogens with zero attached hydrogens (tertiary/aromatic N) is 1. The number of hydrogen-bond donors (Lipinski definition) is 3. The molecule has 20 heavy (non-hydrogen) atoms. The second-order valence-electron chi connectivity index (χ2n) is 4.19. The van der Waals surface area contributed by atoms with Gasteiger partial charge in [-0.05, 0) is 13.0 Å². The van der Waals surface area contributed by atoms with Gasteiger partial charge in [0.1, 0.15) is 5.69 Å². The van der Waals surface area contributed by atoms with Gasteiger partial charge in [0, 0.05) is 12.1 Å². The zero-order valence-electron chi connectivity index (χ0n) is 10.8. The number of amides is 1. The average molecular weight is 281 g/mol. The van der Waals surface area contributed by atoms with Crippen LogP contribution in [0.25, 0.3) is 0 Å². The molecule has 0 saturated carbocycles. The summed E-state index contributed by atoms with van der Waals surface area (Å²) in [6.45, 7) is 1.39. The summed E-state index contributed by atoms with van der Waals surface area (Å²) in [7, 11) is 0. The molecule has 3 N–H and O–H groups in total. The Hall–Kier alpha value is -2.64. The largest absolute Gasteiger partial charge is 0.481 e. The minimum absolute atomic E-state index is 0.126. The Kier molecular flexibility index (Phi) is 5.45. The van der Waals surface area contributed by atoms with E-state index in [0.717, 1.165) is 0 Å². The van der Waals surface area contributed by atoms with Crippen LogP contribution in [0.1, 0.15) is 13.3 Å². The Morgan fingerprint density at radius 3 is 2.65 bits per heavy atom. The number of carboxylic acid groups (broad SMARTS) is 1. The summed E-state index contributed by atoms with van der Waals surface area (Å²) in [6, 6.07) is 5.45. The molecule has 0 bridgehead atoms. The lowest BCUT2D eigenvalue weighted by molar-refractivity contribution is -0.383. The van der Waals surface area contributed by atoms with Crippen molar-refractivity contribution in [1.82, 2.24) is 5.32 Å². The van der Waals surface area contributed by atoms with Crippen LogP contribution >= 0.6 is 0 Å². The predicted molar refractivity (Wildman–Crippen MR) is 71.4 cm³/mol. The molecule has 0 radical (unpaired) electrons. The number of hydrogen-bond acceptors (Lipinski definition) is 5. The number of aliphatic carboxylic acids is 1. The van der Waals surface area contributed by atoms with Gasteiger partial charge in [-0.3, -0.25) is 19.7 Å². The van der Waals surface area contributed by atoms with E-state index in [2.05, 4.69) is 10.6 Å². The van der Waals surface area contributed by atoms with E-state index in [1.807, 2.05) is 0 Å². The van der Waals surface area contributed by atoms with E-state index >= 15 is 0 Å².